The smallest absolute Gasteiger partial charge is 0.329 e. The summed E-state index contributed by atoms with van der Waals surface area (Å²) < 4.78 is 0. The van der Waals surface area contributed by atoms with E-state index in [4.69, 9.17) is 5.73 Å². The molecule has 0 aliphatic carbocycles. The van der Waals surface area contributed by atoms with E-state index in [2.05, 4.69) is 5.32 Å². The number of urea groups is 1. The number of amides is 3. The van der Waals surface area contributed by atoms with Gasteiger partial charge in [0, 0.05) is 5.69 Å². The van der Waals surface area contributed by atoms with Crippen LogP contribution in [0.5, 0.6) is 0 Å². The third-order valence-corrected chi connectivity index (χ3v) is 3.12. The lowest BCUT2D eigenvalue weighted by molar-refractivity contribution is -0.121. The molecule has 1 aliphatic rings. The van der Waals surface area contributed by atoms with E-state index in [0.29, 0.717) is 17.8 Å². The molecule has 90 valence electrons. The predicted octanol–water partition coefficient (Wildman–Crippen LogP) is 1.49. The number of carbonyl (C=O) groups is 2. The van der Waals surface area contributed by atoms with Crippen molar-refractivity contribution in [2.24, 2.45) is 0 Å². The minimum Gasteiger partial charge on any atom is -0.399 e. The third kappa shape index (κ3) is 1.73. The van der Waals surface area contributed by atoms with Crippen LogP contribution in [0.1, 0.15) is 20.3 Å². The Balaban J connectivity index is 2.37. The number of benzene rings is 1. The van der Waals surface area contributed by atoms with Gasteiger partial charge in [-0.05, 0) is 37.6 Å². The van der Waals surface area contributed by atoms with Gasteiger partial charge >= 0.3 is 6.03 Å². The molecule has 5 nitrogen and oxygen atoms in total. The molecule has 0 aromatic heterocycles. The molecule has 1 fully saturated rings. The Labute approximate surface area is 99.6 Å². The van der Waals surface area contributed by atoms with Gasteiger partial charge in [0.05, 0.1) is 5.69 Å². The second kappa shape index (κ2) is 3.76. The van der Waals surface area contributed by atoms with Gasteiger partial charge in [0.2, 0.25) is 0 Å². The summed E-state index contributed by atoms with van der Waals surface area (Å²) in [6.45, 7) is 3.59. The molecule has 2 rings (SSSR count). The molecule has 1 unspecified atom stereocenters. The summed E-state index contributed by atoms with van der Waals surface area (Å²) in [5.41, 5.74) is 5.90. The van der Waals surface area contributed by atoms with Crippen molar-refractivity contribution in [2.75, 3.05) is 10.6 Å². The minimum absolute atomic E-state index is 0.227. The lowest BCUT2D eigenvalue weighted by Gasteiger charge is -2.19. The fraction of sp³-hybridized carbons (Fsp3) is 0.333. The van der Waals surface area contributed by atoms with Crippen molar-refractivity contribution >= 4 is 23.3 Å². The number of nitrogens with zero attached hydrogens (tertiary/aromatic N) is 1. The maximum atomic E-state index is 12.2. The number of nitrogen functional groups attached to an aromatic ring is 1. The number of carbonyl (C=O) groups excluding carboxylic acids is 2. The van der Waals surface area contributed by atoms with Crippen LogP contribution in [0.2, 0.25) is 0 Å². The Morgan fingerprint density at radius 3 is 2.35 bits per heavy atom. The highest BCUT2D eigenvalue weighted by molar-refractivity contribution is 6.23. The number of rotatable bonds is 2. The van der Waals surface area contributed by atoms with Crippen LogP contribution in [0.25, 0.3) is 0 Å². The maximum Gasteiger partial charge on any atom is 0.329 e. The molecule has 0 spiro atoms. The molecule has 0 bridgehead atoms. The number of nitrogens with one attached hydrogen (secondary N) is 1. The van der Waals surface area contributed by atoms with Crippen molar-refractivity contribution in [3.63, 3.8) is 0 Å². The summed E-state index contributed by atoms with van der Waals surface area (Å²) in [5, 5.41) is 2.70. The molecule has 1 aliphatic heterocycles. The van der Waals surface area contributed by atoms with E-state index in [1.807, 2.05) is 6.92 Å². The van der Waals surface area contributed by atoms with Crippen molar-refractivity contribution in [3.8, 4) is 0 Å². The topological polar surface area (TPSA) is 75.4 Å². The fourth-order valence-corrected chi connectivity index (χ4v) is 1.78. The summed E-state index contributed by atoms with van der Waals surface area (Å²) >= 11 is 0. The van der Waals surface area contributed by atoms with Gasteiger partial charge in [-0.1, -0.05) is 6.92 Å². The molecule has 3 N–H and O–H groups in total. The van der Waals surface area contributed by atoms with Crippen LogP contribution in [0.3, 0.4) is 0 Å². The first-order valence-corrected chi connectivity index (χ1v) is 5.50. The zero-order valence-corrected chi connectivity index (χ0v) is 9.86. The van der Waals surface area contributed by atoms with E-state index in [1.165, 1.54) is 0 Å². The Morgan fingerprint density at radius 1 is 1.29 bits per heavy atom. The van der Waals surface area contributed by atoms with Gasteiger partial charge in [0.1, 0.15) is 5.54 Å². The van der Waals surface area contributed by atoms with E-state index < -0.39 is 5.54 Å². The molecule has 1 saturated heterocycles. The SMILES string of the molecule is CCC1(C)NC(=O)N(c2ccc(N)cc2)C1=O. The van der Waals surface area contributed by atoms with Crippen LogP contribution in [0.4, 0.5) is 16.2 Å². The summed E-state index contributed by atoms with van der Waals surface area (Å²) in [6, 6.07) is 6.27. The molecule has 1 aromatic carbocycles. The zero-order chi connectivity index (χ0) is 12.6. The van der Waals surface area contributed by atoms with Gasteiger partial charge in [-0.25, -0.2) is 9.69 Å². The maximum absolute atomic E-state index is 12.2. The van der Waals surface area contributed by atoms with Crippen molar-refractivity contribution in [1.82, 2.24) is 5.32 Å². The molecule has 1 heterocycles. The van der Waals surface area contributed by atoms with Gasteiger partial charge in [-0.3, -0.25) is 4.79 Å². The summed E-state index contributed by atoms with van der Waals surface area (Å²) in [6.07, 6.45) is 0.559. The Morgan fingerprint density at radius 2 is 1.88 bits per heavy atom. The van der Waals surface area contributed by atoms with E-state index in [0.717, 1.165) is 4.90 Å². The number of imide groups is 1. The lowest BCUT2D eigenvalue weighted by atomic mass is 9.99. The molecule has 17 heavy (non-hydrogen) atoms. The highest BCUT2D eigenvalue weighted by Gasteiger charge is 2.47. The van der Waals surface area contributed by atoms with Gasteiger partial charge in [-0.15, -0.1) is 0 Å². The van der Waals surface area contributed by atoms with Gasteiger partial charge in [0.15, 0.2) is 0 Å². The average Bonchev–Trinajstić information content (AvgIpc) is 2.53. The monoisotopic (exact) mass is 233 g/mol. The highest BCUT2D eigenvalue weighted by Crippen LogP contribution is 2.27. The van der Waals surface area contributed by atoms with Gasteiger partial charge in [-0.2, -0.15) is 0 Å². The third-order valence-electron chi connectivity index (χ3n) is 3.12. The largest absolute Gasteiger partial charge is 0.399 e. The van der Waals surface area contributed by atoms with Crippen molar-refractivity contribution < 1.29 is 9.59 Å². The van der Waals surface area contributed by atoms with Crippen molar-refractivity contribution in [3.05, 3.63) is 24.3 Å². The number of hydrogen-bond acceptors (Lipinski definition) is 3. The van der Waals surface area contributed by atoms with Crippen LogP contribution >= 0.6 is 0 Å². The molecule has 3 amide bonds. The van der Waals surface area contributed by atoms with Crippen LogP contribution in [0, 0.1) is 0 Å². The second-order valence-corrected chi connectivity index (χ2v) is 4.35. The quantitative estimate of drug-likeness (QED) is 0.600. The van der Waals surface area contributed by atoms with Crippen molar-refractivity contribution in [1.29, 1.82) is 0 Å². The standard InChI is InChI=1S/C12H15N3O2/c1-3-12(2)10(16)15(11(17)14-12)9-6-4-8(13)5-7-9/h4-7H,3,13H2,1-2H3,(H,14,17). The van der Waals surface area contributed by atoms with E-state index >= 15 is 0 Å². The van der Waals surface area contributed by atoms with E-state index in [1.54, 1.807) is 31.2 Å². The molecule has 0 radical (unpaired) electrons. The lowest BCUT2D eigenvalue weighted by Crippen LogP contribution is -2.43. The predicted molar refractivity (Wildman–Crippen MR) is 65.6 cm³/mol. The number of nitrogens with two attached hydrogens (primary N) is 1. The average molecular weight is 233 g/mol. The van der Waals surface area contributed by atoms with Crippen LogP contribution < -0.4 is 16.0 Å². The van der Waals surface area contributed by atoms with Gasteiger partial charge in [0.25, 0.3) is 5.91 Å². The molecular weight excluding hydrogens is 218 g/mol. The first kappa shape index (κ1) is 11.4. The molecule has 1 aromatic rings. The summed E-state index contributed by atoms with van der Waals surface area (Å²) in [5.74, 6) is -0.227. The minimum atomic E-state index is -0.807. The Kier molecular flexibility index (Phi) is 2.53. The normalized spacial score (nSPS) is 24.0. The Bertz CT molecular complexity index is 469. The van der Waals surface area contributed by atoms with Crippen molar-refractivity contribution in [2.45, 2.75) is 25.8 Å². The van der Waals surface area contributed by atoms with Gasteiger partial charge < -0.3 is 11.1 Å². The second-order valence-electron chi connectivity index (χ2n) is 4.35. The van der Waals surface area contributed by atoms with E-state index in [9.17, 15) is 9.59 Å². The molecular formula is C12H15N3O2. The molecule has 1 atom stereocenters. The first-order chi connectivity index (χ1) is 7.98. The van der Waals surface area contributed by atoms with Crippen LogP contribution in [-0.4, -0.2) is 17.5 Å². The Hall–Kier alpha value is -2.04. The molecule has 5 heteroatoms. The van der Waals surface area contributed by atoms with Crippen LogP contribution in [-0.2, 0) is 4.79 Å². The highest BCUT2D eigenvalue weighted by atomic mass is 16.2. The molecule has 0 saturated carbocycles. The first-order valence-electron chi connectivity index (χ1n) is 5.50. The van der Waals surface area contributed by atoms with Crippen LogP contribution in [0.15, 0.2) is 24.3 Å². The fourth-order valence-electron chi connectivity index (χ4n) is 1.78. The number of anilines is 2. The summed E-state index contributed by atoms with van der Waals surface area (Å²) in [7, 11) is 0. The summed E-state index contributed by atoms with van der Waals surface area (Å²) in [4.78, 5) is 25.1. The zero-order valence-electron chi connectivity index (χ0n) is 9.86. The van der Waals surface area contributed by atoms with E-state index in [-0.39, 0.29) is 11.9 Å². The number of hydrogen-bond donors (Lipinski definition) is 2.